The lowest BCUT2D eigenvalue weighted by Crippen LogP contribution is -2.40. The lowest BCUT2D eigenvalue weighted by atomic mass is 9.84. The number of nitrogens with one attached hydrogen (secondary N) is 1. The molecular formula is C24H30N5O10P. The van der Waals surface area contributed by atoms with Gasteiger partial charge >= 0.3 is 25.4 Å². The van der Waals surface area contributed by atoms with Crippen molar-refractivity contribution in [3.05, 3.63) is 52.6 Å². The summed E-state index contributed by atoms with van der Waals surface area (Å²) in [4.78, 5) is 40.5. The first kappa shape index (κ1) is 30.7. The topological polar surface area (TPSA) is 214 Å². The number of anilines is 1. The van der Waals surface area contributed by atoms with E-state index in [0.717, 1.165) is 11.7 Å². The van der Waals surface area contributed by atoms with E-state index in [2.05, 4.69) is 10.1 Å². The number of nitrogens with zero attached hydrogens (tertiary/aromatic N) is 3. The summed E-state index contributed by atoms with van der Waals surface area (Å²) < 4.78 is 41.6. The van der Waals surface area contributed by atoms with Crippen molar-refractivity contribution in [3.8, 4) is 11.8 Å². The van der Waals surface area contributed by atoms with Crippen molar-refractivity contribution in [2.45, 2.75) is 45.2 Å². The summed E-state index contributed by atoms with van der Waals surface area (Å²) in [5.74, 6) is -1.79. The van der Waals surface area contributed by atoms with Gasteiger partial charge in [-0.05, 0) is 39.0 Å². The van der Waals surface area contributed by atoms with E-state index in [9.17, 15) is 29.3 Å². The molecule has 0 spiro atoms. The van der Waals surface area contributed by atoms with Crippen LogP contribution in [0.2, 0.25) is 0 Å². The highest BCUT2D eigenvalue weighted by atomic mass is 31.2. The van der Waals surface area contributed by atoms with Gasteiger partial charge in [0.05, 0.1) is 26.4 Å². The number of aliphatic hydroxyl groups is 1. The van der Waals surface area contributed by atoms with E-state index in [1.54, 1.807) is 6.92 Å². The molecule has 16 heteroatoms. The zero-order chi connectivity index (χ0) is 29.7. The van der Waals surface area contributed by atoms with Gasteiger partial charge in [-0.15, -0.1) is 0 Å². The first-order valence-electron chi connectivity index (χ1n) is 12.0. The van der Waals surface area contributed by atoms with Gasteiger partial charge in [0.2, 0.25) is 0 Å². The number of esters is 2. The maximum absolute atomic E-state index is 13.9. The van der Waals surface area contributed by atoms with Gasteiger partial charge in [-0.3, -0.25) is 13.9 Å². The molecule has 1 fully saturated rings. The summed E-state index contributed by atoms with van der Waals surface area (Å²) in [7, 11) is -3.37. The number of hydrogen-bond acceptors (Lipinski definition) is 13. The van der Waals surface area contributed by atoms with E-state index < -0.39 is 61.9 Å². The molecule has 1 aromatic carbocycles. The maximum atomic E-state index is 13.9. The highest BCUT2D eigenvalue weighted by molar-refractivity contribution is 7.52. The molecule has 0 amide bonds. The Kier molecular flexibility index (Phi) is 9.67. The Morgan fingerprint density at radius 3 is 2.70 bits per heavy atom. The van der Waals surface area contributed by atoms with E-state index in [1.807, 2.05) is 6.07 Å². The summed E-state index contributed by atoms with van der Waals surface area (Å²) in [5, 5.41) is 23.3. The Morgan fingerprint density at radius 2 is 2.08 bits per heavy atom. The van der Waals surface area contributed by atoms with E-state index >= 15 is 0 Å². The fourth-order valence-corrected chi connectivity index (χ4v) is 5.42. The molecule has 6 atom stereocenters. The lowest BCUT2D eigenvalue weighted by molar-refractivity contribution is -0.144. The molecule has 1 saturated heterocycles. The molecule has 2 aromatic rings. The summed E-state index contributed by atoms with van der Waals surface area (Å²) in [6.45, 7) is 3.74. The van der Waals surface area contributed by atoms with Crippen LogP contribution in [0, 0.1) is 16.7 Å². The van der Waals surface area contributed by atoms with Crippen LogP contribution in [0.1, 0.15) is 37.4 Å². The van der Waals surface area contributed by atoms with Gasteiger partial charge < -0.3 is 29.6 Å². The van der Waals surface area contributed by atoms with Gasteiger partial charge in [-0.25, -0.2) is 14.2 Å². The minimum absolute atomic E-state index is 0.0505. The standard InChI is InChI=1S/C24H30N5O10P/c1-5-36-20(31)14(2)28-40(34,39-16-9-7-6-8-15(16)21(32)35-4)37-12-17-19(30)24(3,13-25)22(38-17)29-11-10-18(26)27-23(29)33/h6-11,14,17,19,22,30H,5,12H2,1-4H3,(H,28,34)(H2,26,27,33)/t14-,17+,19+,22+,24+,40?/m0/s1. The maximum Gasteiger partial charge on any atom is 0.459 e. The second-order valence-corrected chi connectivity index (χ2v) is 10.6. The van der Waals surface area contributed by atoms with Crippen LogP contribution >= 0.6 is 7.75 Å². The molecule has 0 radical (unpaired) electrons. The Hall–Kier alpha value is -3.80. The van der Waals surface area contributed by atoms with Crippen molar-refractivity contribution in [2.75, 3.05) is 26.1 Å². The molecule has 4 N–H and O–H groups in total. The highest BCUT2D eigenvalue weighted by Gasteiger charge is 2.55. The zero-order valence-electron chi connectivity index (χ0n) is 22.2. The molecule has 2 heterocycles. The Morgan fingerprint density at radius 1 is 1.38 bits per heavy atom. The molecule has 1 aromatic heterocycles. The average molecular weight is 580 g/mol. The molecule has 216 valence electrons. The molecule has 40 heavy (non-hydrogen) atoms. The first-order chi connectivity index (χ1) is 18.9. The number of nitrogen functional groups attached to an aromatic ring is 1. The van der Waals surface area contributed by atoms with Gasteiger partial charge in [-0.1, -0.05) is 12.1 Å². The Bertz CT molecular complexity index is 1390. The fourth-order valence-electron chi connectivity index (χ4n) is 3.90. The number of aliphatic hydroxyl groups excluding tert-OH is 1. The SMILES string of the molecule is CCOC(=O)[C@H](C)NP(=O)(OC[C@H]1O[C@@H](n2ccc(N)nc2=O)[C@](C)(C#N)[C@@H]1O)Oc1ccccc1C(=O)OC. The second kappa shape index (κ2) is 12.6. The van der Waals surface area contributed by atoms with E-state index in [4.69, 9.17) is 29.0 Å². The minimum atomic E-state index is -4.52. The van der Waals surface area contributed by atoms with Gasteiger partial charge in [0.1, 0.15) is 40.8 Å². The molecule has 3 rings (SSSR count). The van der Waals surface area contributed by atoms with Crippen molar-refractivity contribution in [1.29, 1.82) is 5.26 Å². The van der Waals surface area contributed by atoms with Crippen LogP contribution in [0.15, 0.2) is 41.3 Å². The summed E-state index contributed by atoms with van der Waals surface area (Å²) in [6.07, 6.45) is -2.88. The van der Waals surface area contributed by atoms with Crippen molar-refractivity contribution >= 4 is 25.5 Å². The molecule has 0 bridgehead atoms. The number of carbonyl (C=O) groups is 2. The number of hydrogen-bond donors (Lipinski definition) is 3. The molecule has 1 unspecified atom stereocenters. The number of para-hydroxylation sites is 1. The number of nitrogens with two attached hydrogens (primary N) is 1. The van der Waals surface area contributed by atoms with Crippen LogP contribution in [-0.4, -0.2) is 65.2 Å². The molecule has 0 aliphatic carbocycles. The number of nitriles is 1. The van der Waals surface area contributed by atoms with Crippen LogP contribution in [0.25, 0.3) is 0 Å². The first-order valence-corrected chi connectivity index (χ1v) is 13.6. The second-order valence-electron chi connectivity index (χ2n) is 8.88. The number of benzene rings is 1. The zero-order valence-corrected chi connectivity index (χ0v) is 23.1. The normalized spacial score (nSPS) is 24.4. The summed E-state index contributed by atoms with van der Waals surface area (Å²) in [6, 6.07) is 7.82. The molecule has 15 nitrogen and oxygen atoms in total. The van der Waals surface area contributed by atoms with Gasteiger partial charge in [0.15, 0.2) is 6.23 Å². The number of rotatable bonds is 11. The van der Waals surface area contributed by atoms with Gasteiger partial charge in [-0.2, -0.15) is 15.3 Å². The predicted molar refractivity (Wildman–Crippen MR) is 138 cm³/mol. The third kappa shape index (κ3) is 6.49. The van der Waals surface area contributed by atoms with E-state index in [0.29, 0.717) is 0 Å². The molecular weight excluding hydrogens is 549 g/mol. The number of carbonyl (C=O) groups excluding carboxylic acids is 2. The summed E-state index contributed by atoms with van der Waals surface area (Å²) >= 11 is 0. The monoisotopic (exact) mass is 579 g/mol. The van der Waals surface area contributed by atoms with Crippen molar-refractivity contribution in [3.63, 3.8) is 0 Å². The number of methoxy groups -OCH3 is 1. The van der Waals surface area contributed by atoms with E-state index in [-0.39, 0.29) is 23.7 Å². The minimum Gasteiger partial charge on any atom is -0.465 e. The molecule has 1 aliphatic rings. The van der Waals surface area contributed by atoms with Gasteiger partial charge in [0.25, 0.3) is 0 Å². The van der Waals surface area contributed by atoms with Gasteiger partial charge in [0, 0.05) is 6.20 Å². The fraction of sp³-hybridized carbons (Fsp3) is 0.458. The largest absolute Gasteiger partial charge is 0.465 e. The Balaban J connectivity index is 1.91. The molecule has 0 saturated carbocycles. The van der Waals surface area contributed by atoms with E-state index in [1.165, 1.54) is 50.4 Å². The van der Waals surface area contributed by atoms with Crippen molar-refractivity contribution < 1.29 is 42.5 Å². The molecule has 1 aliphatic heterocycles. The lowest BCUT2D eigenvalue weighted by Gasteiger charge is -2.26. The third-order valence-electron chi connectivity index (χ3n) is 6.04. The van der Waals surface area contributed by atoms with Crippen LogP contribution in [0.5, 0.6) is 5.75 Å². The van der Waals surface area contributed by atoms with Crippen LogP contribution < -0.4 is 21.0 Å². The van der Waals surface area contributed by atoms with Crippen LogP contribution in [0.3, 0.4) is 0 Å². The summed E-state index contributed by atoms with van der Waals surface area (Å²) in [5.41, 5.74) is 2.98. The number of ether oxygens (including phenoxy) is 3. The average Bonchev–Trinajstić information content (AvgIpc) is 3.17. The van der Waals surface area contributed by atoms with Crippen LogP contribution in [0.4, 0.5) is 5.82 Å². The quantitative estimate of drug-likeness (QED) is 0.252. The van der Waals surface area contributed by atoms with Crippen molar-refractivity contribution in [1.82, 2.24) is 14.6 Å². The Labute approximate surface area is 229 Å². The number of aromatic nitrogens is 2. The third-order valence-corrected chi connectivity index (χ3v) is 7.67. The highest BCUT2D eigenvalue weighted by Crippen LogP contribution is 2.49. The van der Waals surface area contributed by atoms with Crippen molar-refractivity contribution in [2.24, 2.45) is 5.41 Å². The predicted octanol–water partition coefficient (Wildman–Crippen LogP) is 1.15. The smallest absolute Gasteiger partial charge is 0.459 e. The van der Waals surface area contributed by atoms with Crippen LogP contribution in [-0.2, 0) is 28.1 Å².